The first-order chi connectivity index (χ1) is 9.15. The quantitative estimate of drug-likeness (QED) is 0.889. The van der Waals surface area contributed by atoms with Crippen molar-refractivity contribution in [1.82, 2.24) is 10.3 Å². The molecule has 1 atom stereocenters. The third-order valence-corrected chi connectivity index (χ3v) is 2.63. The highest BCUT2D eigenvalue weighted by Gasteiger charge is 2.09. The van der Waals surface area contributed by atoms with Gasteiger partial charge in [0, 0.05) is 18.1 Å². The van der Waals surface area contributed by atoms with Gasteiger partial charge in [-0.3, -0.25) is 4.98 Å². The number of amides is 2. The zero-order chi connectivity index (χ0) is 13.7. The molecule has 2 amide bonds. The minimum atomic E-state index is -0.344. The molecule has 0 fully saturated rings. The van der Waals surface area contributed by atoms with Gasteiger partial charge < -0.3 is 10.6 Å². The van der Waals surface area contributed by atoms with Crippen molar-refractivity contribution in [2.24, 2.45) is 0 Å². The molecule has 19 heavy (non-hydrogen) atoms. The monoisotopic (exact) mass is 259 g/mol. The number of nitrogens with zero attached hydrogens (tertiary/aromatic N) is 1. The van der Waals surface area contributed by atoms with Crippen LogP contribution in [0.1, 0.15) is 18.5 Å². The molecule has 0 aliphatic heterocycles. The van der Waals surface area contributed by atoms with Crippen molar-refractivity contribution in [3.05, 3.63) is 60.2 Å². The van der Waals surface area contributed by atoms with Gasteiger partial charge in [-0.2, -0.15) is 0 Å². The minimum Gasteiger partial charge on any atom is -0.331 e. The number of pyridine rings is 1. The summed E-state index contributed by atoms with van der Waals surface area (Å²) < 4.78 is 12.7. The average Bonchev–Trinajstić information content (AvgIpc) is 2.42. The van der Waals surface area contributed by atoms with Gasteiger partial charge in [-0.1, -0.05) is 6.07 Å². The molecule has 0 aliphatic rings. The second-order valence-electron chi connectivity index (χ2n) is 4.11. The van der Waals surface area contributed by atoms with Crippen LogP contribution in [0, 0.1) is 5.82 Å². The van der Waals surface area contributed by atoms with E-state index in [1.54, 1.807) is 12.4 Å². The Morgan fingerprint density at radius 2 is 2.00 bits per heavy atom. The molecule has 0 spiro atoms. The number of anilines is 1. The van der Waals surface area contributed by atoms with Gasteiger partial charge in [0.05, 0.1) is 6.04 Å². The summed E-state index contributed by atoms with van der Waals surface area (Å²) in [6.07, 6.45) is 3.37. The topological polar surface area (TPSA) is 54.0 Å². The first-order valence-electron chi connectivity index (χ1n) is 5.88. The van der Waals surface area contributed by atoms with Crippen LogP contribution < -0.4 is 10.6 Å². The van der Waals surface area contributed by atoms with Crippen LogP contribution in [-0.2, 0) is 0 Å². The molecule has 4 nitrogen and oxygen atoms in total. The lowest BCUT2D eigenvalue weighted by Crippen LogP contribution is -2.31. The molecular formula is C14H14FN3O. The van der Waals surface area contributed by atoms with Gasteiger partial charge in [0.2, 0.25) is 0 Å². The zero-order valence-corrected chi connectivity index (χ0v) is 10.4. The molecule has 0 radical (unpaired) electrons. The van der Waals surface area contributed by atoms with Gasteiger partial charge in [0.25, 0.3) is 0 Å². The van der Waals surface area contributed by atoms with E-state index in [-0.39, 0.29) is 17.9 Å². The molecule has 0 saturated carbocycles. The first-order valence-corrected chi connectivity index (χ1v) is 5.88. The summed E-state index contributed by atoms with van der Waals surface area (Å²) in [6.45, 7) is 1.86. The van der Waals surface area contributed by atoms with Crippen LogP contribution >= 0.6 is 0 Å². The number of halogens is 1. The number of hydrogen-bond acceptors (Lipinski definition) is 2. The fraction of sp³-hybridized carbons (Fsp3) is 0.143. The number of hydrogen-bond donors (Lipinski definition) is 2. The van der Waals surface area contributed by atoms with Crippen LogP contribution in [0.25, 0.3) is 0 Å². The lowest BCUT2D eigenvalue weighted by atomic mass is 10.1. The van der Waals surface area contributed by atoms with E-state index >= 15 is 0 Å². The summed E-state index contributed by atoms with van der Waals surface area (Å²) in [5.41, 5.74) is 1.45. The lowest BCUT2D eigenvalue weighted by molar-refractivity contribution is 0.249. The first kappa shape index (κ1) is 13.0. The largest absolute Gasteiger partial charge is 0.331 e. The van der Waals surface area contributed by atoms with Gasteiger partial charge in [-0.05, 0) is 42.8 Å². The third kappa shape index (κ3) is 3.77. The van der Waals surface area contributed by atoms with Crippen molar-refractivity contribution in [2.45, 2.75) is 13.0 Å². The van der Waals surface area contributed by atoms with Gasteiger partial charge in [-0.15, -0.1) is 0 Å². The lowest BCUT2D eigenvalue weighted by Gasteiger charge is -2.14. The van der Waals surface area contributed by atoms with Gasteiger partial charge in [-0.25, -0.2) is 9.18 Å². The van der Waals surface area contributed by atoms with E-state index in [0.29, 0.717) is 5.69 Å². The predicted molar refractivity (Wildman–Crippen MR) is 71.2 cm³/mol. The highest BCUT2D eigenvalue weighted by molar-refractivity contribution is 5.89. The number of benzene rings is 1. The third-order valence-electron chi connectivity index (χ3n) is 2.63. The van der Waals surface area contributed by atoms with Crippen molar-refractivity contribution in [3.8, 4) is 0 Å². The summed E-state index contributed by atoms with van der Waals surface area (Å²) in [4.78, 5) is 15.7. The van der Waals surface area contributed by atoms with Crippen LogP contribution in [0.4, 0.5) is 14.9 Å². The average molecular weight is 259 g/mol. The minimum absolute atomic E-state index is 0.158. The Bertz CT molecular complexity index is 542. The molecule has 2 aromatic rings. The van der Waals surface area contributed by atoms with Crippen molar-refractivity contribution in [3.63, 3.8) is 0 Å². The number of rotatable bonds is 3. The van der Waals surface area contributed by atoms with E-state index < -0.39 is 0 Å². The molecular weight excluding hydrogens is 245 g/mol. The molecule has 1 aromatic carbocycles. The number of nitrogens with one attached hydrogen (secondary N) is 2. The normalized spacial score (nSPS) is 11.7. The Morgan fingerprint density at radius 1 is 1.26 bits per heavy atom. The van der Waals surface area contributed by atoms with Crippen molar-refractivity contribution >= 4 is 11.7 Å². The molecule has 0 aliphatic carbocycles. The fourth-order valence-corrected chi connectivity index (χ4v) is 1.61. The van der Waals surface area contributed by atoms with Crippen molar-refractivity contribution in [2.75, 3.05) is 5.32 Å². The van der Waals surface area contributed by atoms with Gasteiger partial charge in [0.1, 0.15) is 5.82 Å². The summed E-state index contributed by atoms with van der Waals surface area (Å²) >= 11 is 0. The Balaban J connectivity index is 1.93. The fourth-order valence-electron chi connectivity index (χ4n) is 1.61. The second kappa shape index (κ2) is 5.95. The Labute approximate surface area is 110 Å². The Kier molecular flexibility index (Phi) is 4.07. The van der Waals surface area contributed by atoms with Crippen molar-refractivity contribution in [1.29, 1.82) is 0 Å². The van der Waals surface area contributed by atoms with Crippen LogP contribution in [0.5, 0.6) is 0 Å². The summed E-state index contributed by atoms with van der Waals surface area (Å²) in [5.74, 6) is -0.338. The standard InChI is InChI=1S/C14H14FN3O/c1-10(11-3-2-8-16-9-11)17-14(19)18-13-6-4-12(15)5-7-13/h2-10H,1H3,(H2,17,18,19)/t10-/m0/s1. The molecule has 1 aromatic heterocycles. The van der Waals surface area contributed by atoms with E-state index in [1.165, 1.54) is 24.3 Å². The van der Waals surface area contributed by atoms with E-state index in [9.17, 15) is 9.18 Å². The van der Waals surface area contributed by atoms with Crippen molar-refractivity contribution < 1.29 is 9.18 Å². The summed E-state index contributed by atoms with van der Waals surface area (Å²) in [5, 5.41) is 5.41. The number of carbonyl (C=O) groups is 1. The van der Waals surface area contributed by atoms with E-state index in [1.807, 2.05) is 19.1 Å². The molecule has 1 heterocycles. The smallest absolute Gasteiger partial charge is 0.319 e. The van der Waals surface area contributed by atoms with Crippen LogP contribution in [0.2, 0.25) is 0 Å². The molecule has 2 rings (SSSR count). The van der Waals surface area contributed by atoms with E-state index in [2.05, 4.69) is 15.6 Å². The van der Waals surface area contributed by atoms with E-state index in [4.69, 9.17) is 0 Å². The second-order valence-corrected chi connectivity index (χ2v) is 4.11. The van der Waals surface area contributed by atoms with Gasteiger partial charge in [0.15, 0.2) is 0 Å². The van der Waals surface area contributed by atoms with Crippen LogP contribution in [-0.4, -0.2) is 11.0 Å². The van der Waals surface area contributed by atoms with Crippen LogP contribution in [0.3, 0.4) is 0 Å². The maximum atomic E-state index is 12.7. The summed E-state index contributed by atoms with van der Waals surface area (Å²) in [6, 6.07) is 8.78. The predicted octanol–water partition coefficient (Wildman–Crippen LogP) is 3.10. The molecule has 0 bridgehead atoms. The number of urea groups is 1. The Morgan fingerprint density at radius 3 is 2.63 bits per heavy atom. The Hall–Kier alpha value is -2.43. The molecule has 0 unspecified atom stereocenters. The number of aromatic nitrogens is 1. The van der Waals surface area contributed by atoms with Gasteiger partial charge >= 0.3 is 6.03 Å². The SMILES string of the molecule is C[C@H](NC(=O)Nc1ccc(F)cc1)c1cccnc1. The molecule has 98 valence electrons. The maximum Gasteiger partial charge on any atom is 0.319 e. The van der Waals surface area contributed by atoms with Crippen LogP contribution in [0.15, 0.2) is 48.8 Å². The summed E-state index contributed by atoms with van der Waals surface area (Å²) in [7, 11) is 0. The maximum absolute atomic E-state index is 12.7. The molecule has 2 N–H and O–H groups in total. The number of carbonyl (C=O) groups excluding carboxylic acids is 1. The zero-order valence-electron chi connectivity index (χ0n) is 10.4. The highest BCUT2D eigenvalue weighted by atomic mass is 19.1. The molecule has 5 heteroatoms. The molecule has 0 saturated heterocycles. The highest BCUT2D eigenvalue weighted by Crippen LogP contribution is 2.11. The van der Waals surface area contributed by atoms with E-state index in [0.717, 1.165) is 5.56 Å².